The van der Waals surface area contributed by atoms with Crippen LogP contribution in [0.4, 0.5) is 0 Å². The zero-order valence-electron chi connectivity index (χ0n) is 7.53. The van der Waals surface area contributed by atoms with Gasteiger partial charge in [0, 0.05) is 6.16 Å². The van der Waals surface area contributed by atoms with E-state index in [1.54, 1.807) is 6.92 Å². The smallest absolute Gasteiger partial charge is 0.324 e. The first kappa shape index (κ1) is 10.2. The molecule has 0 bridgehead atoms. The summed E-state index contributed by atoms with van der Waals surface area (Å²) in [6, 6.07) is 0. The van der Waals surface area contributed by atoms with Crippen molar-refractivity contribution in [2.24, 2.45) is 5.92 Å². The third kappa shape index (κ3) is 3.26. The zero-order valence-corrected chi connectivity index (χ0v) is 8.43. The van der Waals surface area contributed by atoms with Gasteiger partial charge in [-0.2, -0.15) is 0 Å². The van der Waals surface area contributed by atoms with Crippen LogP contribution in [0.25, 0.3) is 0 Å². The average Bonchev–Trinajstić information content (AvgIpc) is 2.53. The van der Waals surface area contributed by atoms with Crippen molar-refractivity contribution in [3.8, 4) is 0 Å². The summed E-state index contributed by atoms with van der Waals surface area (Å²) in [5, 5.41) is 0. The fraction of sp³-hybridized carbons (Fsp3) is 1.00. The van der Waals surface area contributed by atoms with E-state index in [1.165, 1.54) is 12.8 Å². The van der Waals surface area contributed by atoms with E-state index in [9.17, 15) is 4.57 Å². The highest BCUT2D eigenvalue weighted by Gasteiger charge is 2.21. The molecule has 1 unspecified atom stereocenters. The Morgan fingerprint density at radius 2 is 2.08 bits per heavy atom. The van der Waals surface area contributed by atoms with Gasteiger partial charge in [0.25, 0.3) is 0 Å². The van der Waals surface area contributed by atoms with Gasteiger partial charge in [-0.15, -0.1) is 0 Å². The highest BCUT2D eigenvalue weighted by Crippen LogP contribution is 2.42. The van der Waals surface area contributed by atoms with Crippen molar-refractivity contribution in [3.63, 3.8) is 0 Å². The van der Waals surface area contributed by atoms with Crippen LogP contribution in [0, 0.1) is 5.92 Å². The van der Waals surface area contributed by atoms with Crippen molar-refractivity contribution in [3.05, 3.63) is 0 Å². The Hall–Kier alpha value is 0.150. The van der Waals surface area contributed by atoms with E-state index in [0.29, 0.717) is 12.5 Å². The molecule has 1 atom stereocenters. The third-order valence-corrected chi connectivity index (χ3v) is 3.74. The Morgan fingerprint density at radius 3 is 2.58 bits per heavy atom. The summed E-state index contributed by atoms with van der Waals surface area (Å²) in [6.07, 6.45) is 5.03. The standard InChI is InChI=1S/C8H17O3P/c1-2-12(9,10)11-7-8-5-3-4-6-8/h8H,2-7H2,1H3,(H,9,10). The SMILES string of the molecule is CCP(=O)(O)OCC1CCCC1. The van der Waals surface area contributed by atoms with E-state index in [-0.39, 0.29) is 6.16 Å². The van der Waals surface area contributed by atoms with Crippen LogP contribution < -0.4 is 0 Å². The van der Waals surface area contributed by atoms with Gasteiger partial charge in [-0.05, 0) is 18.8 Å². The molecule has 0 amide bonds. The first-order chi connectivity index (χ1) is 5.64. The van der Waals surface area contributed by atoms with Gasteiger partial charge < -0.3 is 9.42 Å². The number of hydrogen-bond acceptors (Lipinski definition) is 2. The molecular weight excluding hydrogens is 175 g/mol. The fourth-order valence-corrected chi connectivity index (χ4v) is 2.12. The lowest BCUT2D eigenvalue weighted by Gasteiger charge is -2.13. The Kier molecular flexibility index (Phi) is 3.76. The van der Waals surface area contributed by atoms with E-state index in [1.807, 2.05) is 0 Å². The van der Waals surface area contributed by atoms with Crippen molar-refractivity contribution in [2.45, 2.75) is 32.6 Å². The van der Waals surface area contributed by atoms with Crippen LogP contribution in [-0.4, -0.2) is 17.7 Å². The van der Waals surface area contributed by atoms with Gasteiger partial charge in [0.15, 0.2) is 0 Å². The van der Waals surface area contributed by atoms with Crippen LogP contribution in [-0.2, 0) is 9.09 Å². The molecule has 0 radical (unpaired) electrons. The predicted octanol–water partition coefficient (Wildman–Crippen LogP) is 2.40. The van der Waals surface area contributed by atoms with Crippen LogP contribution in [0.3, 0.4) is 0 Å². The number of hydrogen-bond donors (Lipinski definition) is 1. The molecule has 0 aromatic carbocycles. The van der Waals surface area contributed by atoms with E-state index < -0.39 is 7.60 Å². The molecule has 1 aliphatic carbocycles. The molecule has 0 aliphatic heterocycles. The number of rotatable bonds is 4. The third-order valence-electron chi connectivity index (χ3n) is 2.39. The van der Waals surface area contributed by atoms with Gasteiger partial charge in [0.2, 0.25) is 0 Å². The van der Waals surface area contributed by atoms with Gasteiger partial charge >= 0.3 is 7.60 Å². The van der Waals surface area contributed by atoms with Crippen molar-refractivity contribution in [1.29, 1.82) is 0 Å². The molecule has 1 N–H and O–H groups in total. The summed E-state index contributed by atoms with van der Waals surface area (Å²) < 4.78 is 16.0. The van der Waals surface area contributed by atoms with Gasteiger partial charge in [-0.3, -0.25) is 4.57 Å². The molecule has 4 heteroatoms. The normalized spacial score (nSPS) is 24.2. The minimum atomic E-state index is -3.23. The molecule has 72 valence electrons. The summed E-state index contributed by atoms with van der Waals surface area (Å²) >= 11 is 0. The van der Waals surface area contributed by atoms with E-state index >= 15 is 0 Å². The molecule has 1 saturated carbocycles. The molecule has 0 saturated heterocycles. The van der Waals surface area contributed by atoms with E-state index in [0.717, 1.165) is 12.8 Å². The highest BCUT2D eigenvalue weighted by atomic mass is 31.2. The van der Waals surface area contributed by atoms with E-state index in [4.69, 9.17) is 9.42 Å². The van der Waals surface area contributed by atoms with Crippen molar-refractivity contribution in [1.82, 2.24) is 0 Å². The summed E-state index contributed by atoms with van der Waals surface area (Å²) in [4.78, 5) is 9.12. The Bertz CT molecular complexity index is 175. The van der Waals surface area contributed by atoms with Gasteiger partial charge in [0.1, 0.15) is 0 Å². The largest absolute Gasteiger partial charge is 0.327 e. The van der Waals surface area contributed by atoms with Crippen LogP contribution in [0.5, 0.6) is 0 Å². The molecule has 0 aromatic heterocycles. The zero-order chi connectivity index (χ0) is 9.03. The lowest BCUT2D eigenvalue weighted by atomic mass is 10.1. The lowest BCUT2D eigenvalue weighted by molar-refractivity contribution is 0.217. The second-order valence-corrected chi connectivity index (χ2v) is 5.57. The molecule has 1 fully saturated rings. The van der Waals surface area contributed by atoms with Gasteiger partial charge in [-0.1, -0.05) is 19.8 Å². The molecule has 0 aromatic rings. The van der Waals surface area contributed by atoms with Crippen LogP contribution >= 0.6 is 7.60 Å². The van der Waals surface area contributed by atoms with Gasteiger partial charge in [0.05, 0.1) is 6.61 Å². The summed E-state index contributed by atoms with van der Waals surface area (Å²) in [6.45, 7) is 2.15. The molecular formula is C8H17O3P. The highest BCUT2D eigenvalue weighted by molar-refractivity contribution is 7.52. The van der Waals surface area contributed by atoms with Crippen molar-refractivity contribution < 1.29 is 14.0 Å². The van der Waals surface area contributed by atoms with Crippen molar-refractivity contribution >= 4 is 7.60 Å². The molecule has 0 heterocycles. The topological polar surface area (TPSA) is 46.5 Å². The van der Waals surface area contributed by atoms with Gasteiger partial charge in [-0.25, -0.2) is 0 Å². The molecule has 0 spiro atoms. The Morgan fingerprint density at radius 1 is 1.50 bits per heavy atom. The Balaban J connectivity index is 2.20. The molecule has 1 aliphatic rings. The lowest BCUT2D eigenvalue weighted by Crippen LogP contribution is -2.04. The maximum atomic E-state index is 11.1. The van der Waals surface area contributed by atoms with Crippen LogP contribution in [0.2, 0.25) is 0 Å². The monoisotopic (exact) mass is 192 g/mol. The first-order valence-electron chi connectivity index (χ1n) is 4.60. The maximum Gasteiger partial charge on any atom is 0.327 e. The Labute approximate surface area is 73.7 Å². The minimum Gasteiger partial charge on any atom is -0.324 e. The predicted molar refractivity (Wildman–Crippen MR) is 48.3 cm³/mol. The summed E-state index contributed by atoms with van der Waals surface area (Å²) in [5.41, 5.74) is 0. The van der Waals surface area contributed by atoms with Crippen LogP contribution in [0.1, 0.15) is 32.6 Å². The average molecular weight is 192 g/mol. The molecule has 1 rings (SSSR count). The first-order valence-corrected chi connectivity index (χ1v) is 6.36. The van der Waals surface area contributed by atoms with Crippen LogP contribution in [0.15, 0.2) is 0 Å². The summed E-state index contributed by atoms with van der Waals surface area (Å²) in [7, 11) is -3.23. The summed E-state index contributed by atoms with van der Waals surface area (Å²) in [5.74, 6) is 0.525. The molecule has 3 nitrogen and oxygen atoms in total. The second-order valence-electron chi connectivity index (χ2n) is 3.40. The fourth-order valence-electron chi connectivity index (χ4n) is 1.49. The van der Waals surface area contributed by atoms with E-state index in [2.05, 4.69) is 0 Å². The molecule has 12 heavy (non-hydrogen) atoms. The van der Waals surface area contributed by atoms with Crippen molar-refractivity contribution in [2.75, 3.05) is 12.8 Å². The maximum absolute atomic E-state index is 11.1. The second kappa shape index (κ2) is 4.40. The quantitative estimate of drug-likeness (QED) is 0.695. The minimum absolute atomic E-state index is 0.222.